The molecule has 0 atom stereocenters. The van der Waals surface area contributed by atoms with Crippen molar-refractivity contribution in [2.75, 3.05) is 18.1 Å². The molecule has 0 aliphatic heterocycles. The molecule has 0 unspecified atom stereocenters. The van der Waals surface area contributed by atoms with E-state index >= 15 is 0 Å². The van der Waals surface area contributed by atoms with Gasteiger partial charge in [-0.25, -0.2) is 28.1 Å². The summed E-state index contributed by atoms with van der Waals surface area (Å²) in [6, 6.07) is 7.54. The lowest BCUT2D eigenvalue weighted by Crippen LogP contribution is -2.33. The molecule has 11 nitrogen and oxygen atoms in total. The van der Waals surface area contributed by atoms with Gasteiger partial charge in [-0.05, 0) is 38.1 Å². The first-order chi connectivity index (χ1) is 17.6. The van der Waals surface area contributed by atoms with Gasteiger partial charge in [-0.15, -0.1) is 0 Å². The lowest BCUT2D eigenvalue weighted by molar-refractivity contribution is -0.384. The van der Waals surface area contributed by atoms with Crippen LogP contribution in [0, 0.1) is 21.7 Å². The van der Waals surface area contributed by atoms with Crippen molar-refractivity contribution in [3.63, 3.8) is 0 Å². The van der Waals surface area contributed by atoms with Crippen LogP contribution in [0.25, 0.3) is 11.3 Å². The summed E-state index contributed by atoms with van der Waals surface area (Å²) in [4.78, 5) is 48.9. The van der Waals surface area contributed by atoms with Crippen molar-refractivity contribution in [1.82, 2.24) is 0 Å². The van der Waals surface area contributed by atoms with Crippen LogP contribution >= 0.6 is 0 Å². The zero-order valence-corrected chi connectivity index (χ0v) is 19.5. The zero-order valence-electron chi connectivity index (χ0n) is 19.5. The van der Waals surface area contributed by atoms with Crippen LogP contribution in [0.15, 0.2) is 46.9 Å². The average molecular weight is 518 g/mol. The number of rotatable bonds is 9. The number of carboxylic acids is 1. The van der Waals surface area contributed by atoms with Gasteiger partial charge in [0, 0.05) is 23.3 Å². The van der Waals surface area contributed by atoms with E-state index < -0.39 is 69.5 Å². The highest BCUT2D eigenvalue weighted by atomic mass is 19.1. The minimum atomic E-state index is -1.72. The van der Waals surface area contributed by atoms with Crippen LogP contribution in [0.1, 0.15) is 40.1 Å². The summed E-state index contributed by atoms with van der Waals surface area (Å²) in [5.74, 6) is -6.07. The summed E-state index contributed by atoms with van der Waals surface area (Å²) < 4.78 is 44.4. The Morgan fingerprint density at radius 2 is 1.59 bits per heavy atom. The van der Waals surface area contributed by atoms with Crippen LogP contribution in [0.4, 0.5) is 25.1 Å². The number of carbonyl (C=O) groups is 3. The van der Waals surface area contributed by atoms with E-state index in [0.717, 1.165) is 30.3 Å². The second kappa shape index (κ2) is 11.3. The number of nitrogens with zero attached hydrogens (tertiary/aromatic N) is 2. The van der Waals surface area contributed by atoms with Gasteiger partial charge in [0.25, 0.3) is 5.69 Å². The maximum atomic E-state index is 14.4. The van der Waals surface area contributed by atoms with Crippen molar-refractivity contribution in [2.45, 2.75) is 20.4 Å². The fraction of sp³-hybridized carbons (Fsp3) is 0.208. The number of ether oxygens (including phenoxy) is 2. The number of esters is 1. The van der Waals surface area contributed by atoms with Crippen molar-refractivity contribution in [1.29, 1.82) is 0 Å². The van der Waals surface area contributed by atoms with Crippen molar-refractivity contribution in [3.8, 4) is 11.3 Å². The van der Waals surface area contributed by atoms with Crippen LogP contribution in [0.2, 0.25) is 0 Å². The lowest BCUT2D eigenvalue weighted by Gasteiger charge is -2.20. The van der Waals surface area contributed by atoms with Gasteiger partial charge in [-0.2, -0.15) is 0 Å². The van der Waals surface area contributed by atoms with Gasteiger partial charge in [-0.1, -0.05) is 6.07 Å². The molecule has 0 aliphatic carbocycles. The summed E-state index contributed by atoms with van der Waals surface area (Å²) in [7, 11) is 0. The van der Waals surface area contributed by atoms with Gasteiger partial charge in [0.15, 0.2) is 5.76 Å². The molecule has 1 amide bonds. The largest absolute Gasteiger partial charge is 0.477 e. The van der Waals surface area contributed by atoms with Gasteiger partial charge in [0.05, 0.1) is 24.7 Å². The Kier molecular flexibility index (Phi) is 8.17. The number of amides is 1. The second-order valence-electron chi connectivity index (χ2n) is 7.30. The Morgan fingerprint density at radius 1 is 1.00 bits per heavy atom. The maximum Gasteiger partial charge on any atom is 0.416 e. The highest BCUT2D eigenvalue weighted by molar-refractivity contribution is 6.11. The Hall–Kier alpha value is -4.81. The molecule has 0 bridgehead atoms. The van der Waals surface area contributed by atoms with E-state index in [1.807, 2.05) is 0 Å². The highest BCUT2D eigenvalue weighted by Gasteiger charge is 2.37. The van der Waals surface area contributed by atoms with Gasteiger partial charge in [0.2, 0.25) is 5.88 Å². The third-order valence-corrected chi connectivity index (χ3v) is 5.03. The number of hydrogen-bond acceptors (Lipinski definition) is 8. The number of hydrogen-bond donors (Lipinski definition) is 1. The number of halogens is 2. The van der Waals surface area contributed by atoms with E-state index in [1.54, 1.807) is 0 Å². The van der Waals surface area contributed by atoms with Gasteiger partial charge in [-0.3, -0.25) is 10.1 Å². The van der Waals surface area contributed by atoms with Crippen LogP contribution in [-0.2, 0) is 16.0 Å². The molecule has 0 radical (unpaired) electrons. The van der Waals surface area contributed by atoms with Crippen molar-refractivity contribution >= 4 is 29.6 Å². The minimum absolute atomic E-state index is 0.0308. The van der Waals surface area contributed by atoms with Crippen molar-refractivity contribution in [2.24, 2.45) is 0 Å². The summed E-state index contributed by atoms with van der Waals surface area (Å²) >= 11 is 0. The van der Waals surface area contributed by atoms with Crippen LogP contribution in [0.3, 0.4) is 0 Å². The van der Waals surface area contributed by atoms with E-state index in [4.69, 9.17) is 13.9 Å². The standard InChI is InChI=1S/C24H20F2N2O9/c1-3-35-23(31)18-19(22(29)30)21(37-20(18)13-8-10-14(11-9-13)28(33)34)27(24(32)36-4-2)12-15-16(25)6-5-7-17(15)26/h5-11H,3-4,12H2,1-2H3,(H,29,30). The average Bonchev–Trinajstić information content (AvgIpc) is 3.25. The molecule has 1 aromatic heterocycles. The third kappa shape index (κ3) is 5.55. The summed E-state index contributed by atoms with van der Waals surface area (Å²) in [6.07, 6.45) is -1.22. The first-order valence-electron chi connectivity index (χ1n) is 10.8. The number of aromatic carboxylic acids is 1. The number of nitro benzene ring substituents is 1. The topological polar surface area (TPSA) is 149 Å². The molecular weight excluding hydrogens is 498 g/mol. The quantitative estimate of drug-likeness (QED) is 0.230. The third-order valence-electron chi connectivity index (χ3n) is 5.03. The molecule has 0 aliphatic rings. The number of anilines is 1. The monoisotopic (exact) mass is 518 g/mol. The smallest absolute Gasteiger partial charge is 0.416 e. The predicted molar refractivity (Wildman–Crippen MR) is 123 cm³/mol. The number of carbonyl (C=O) groups excluding carboxylic acids is 2. The molecule has 0 fully saturated rings. The Labute approximate surface area is 208 Å². The number of benzene rings is 2. The molecule has 0 saturated carbocycles. The number of furan rings is 1. The Balaban J connectivity index is 2.30. The normalized spacial score (nSPS) is 10.6. The van der Waals surface area contributed by atoms with E-state index in [-0.39, 0.29) is 24.5 Å². The molecule has 0 saturated heterocycles. The second-order valence-corrected chi connectivity index (χ2v) is 7.30. The van der Waals surface area contributed by atoms with Crippen LogP contribution in [0.5, 0.6) is 0 Å². The molecule has 194 valence electrons. The minimum Gasteiger partial charge on any atom is -0.477 e. The lowest BCUT2D eigenvalue weighted by atomic mass is 10.0. The molecule has 13 heteroatoms. The molecule has 1 heterocycles. The maximum absolute atomic E-state index is 14.4. The van der Waals surface area contributed by atoms with E-state index in [9.17, 15) is 38.4 Å². The SMILES string of the molecule is CCOC(=O)c1c(-c2ccc([N+](=O)[O-])cc2)oc(N(Cc2c(F)cccc2F)C(=O)OCC)c1C(=O)O. The van der Waals surface area contributed by atoms with Gasteiger partial charge < -0.3 is 19.0 Å². The molecule has 0 spiro atoms. The summed E-state index contributed by atoms with van der Waals surface area (Å²) in [5, 5.41) is 21.0. The molecular formula is C24H20F2N2O9. The molecule has 1 N–H and O–H groups in total. The first kappa shape index (κ1) is 26.8. The zero-order chi connectivity index (χ0) is 27.3. The molecule has 3 rings (SSSR count). The number of non-ortho nitro benzene ring substituents is 1. The molecule has 3 aromatic rings. The Bertz CT molecular complexity index is 1330. The summed E-state index contributed by atoms with van der Waals surface area (Å²) in [5.41, 5.74) is -2.31. The van der Waals surface area contributed by atoms with Crippen LogP contribution in [-0.4, -0.2) is 41.3 Å². The van der Waals surface area contributed by atoms with Gasteiger partial charge in [0.1, 0.15) is 22.8 Å². The first-order valence-corrected chi connectivity index (χ1v) is 10.8. The summed E-state index contributed by atoms with van der Waals surface area (Å²) in [6.45, 7) is 1.73. The van der Waals surface area contributed by atoms with E-state index in [2.05, 4.69) is 0 Å². The van der Waals surface area contributed by atoms with Gasteiger partial charge >= 0.3 is 18.0 Å². The van der Waals surface area contributed by atoms with Crippen molar-refractivity contribution in [3.05, 3.63) is 80.9 Å². The van der Waals surface area contributed by atoms with Crippen LogP contribution < -0.4 is 4.90 Å². The Morgan fingerprint density at radius 3 is 2.11 bits per heavy atom. The fourth-order valence-corrected chi connectivity index (χ4v) is 3.41. The molecule has 2 aromatic carbocycles. The predicted octanol–water partition coefficient (Wildman–Crippen LogP) is 5.17. The number of nitro groups is 1. The number of carboxylic acid groups (broad SMARTS) is 1. The highest BCUT2D eigenvalue weighted by Crippen LogP contribution is 2.39. The fourth-order valence-electron chi connectivity index (χ4n) is 3.41. The molecule has 37 heavy (non-hydrogen) atoms. The van der Waals surface area contributed by atoms with Crippen molar-refractivity contribution < 1.29 is 47.1 Å². The van der Waals surface area contributed by atoms with E-state index in [0.29, 0.717) is 4.90 Å². The van der Waals surface area contributed by atoms with E-state index in [1.165, 1.54) is 26.0 Å².